The van der Waals surface area contributed by atoms with Gasteiger partial charge in [-0.1, -0.05) is 17.7 Å². The van der Waals surface area contributed by atoms with E-state index in [1.54, 1.807) is 25.1 Å². The van der Waals surface area contributed by atoms with Gasteiger partial charge in [0.1, 0.15) is 0 Å². The Bertz CT molecular complexity index is 1470. The summed E-state index contributed by atoms with van der Waals surface area (Å²) in [5, 5.41) is 10.8. The maximum Gasteiger partial charge on any atom is 0.434 e. The summed E-state index contributed by atoms with van der Waals surface area (Å²) in [4.78, 5) is 25.9. The van der Waals surface area contributed by atoms with Crippen molar-refractivity contribution >= 4 is 45.5 Å². The Morgan fingerprint density at radius 2 is 2.00 bits per heavy atom. The van der Waals surface area contributed by atoms with Crippen molar-refractivity contribution < 1.29 is 18.0 Å². The molecule has 9 nitrogen and oxygen atoms in total. The number of pyridine rings is 2. The number of amides is 1. The number of rotatable bonds is 5. The first-order valence-corrected chi connectivity index (χ1v) is 10.3. The van der Waals surface area contributed by atoms with E-state index in [0.717, 1.165) is 0 Å². The summed E-state index contributed by atoms with van der Waals surface area (Å²) in [7, 11) is 0. The number of nitrogens with two attached hydrogens (primary N) is 1. The second-order valence-electron chi connectivity index (χ2n) is 7.14. The highest BCUT2D eigenvalue weighted by Gasteiger charge is 2.40. The van der Waals surface area contributed by atoms with E-state index < -0.39 is 23.4 Å². The number of halogens is 4. The van der Waals surface area contributed by atoms with Crippen LogP contribution in [0.15, 0.2) is 71.8 Å². The molecule has 0 saturated carbocycles. The number of carbonyl (C=O) groups is 1. The minimum absolute atomic E-state index is 0.0221. The van der Waals surface area contributed by atoms with Crippen LogP contribution in [0, 0.1) is 6.92 Å². The topological polar surface area (TPSA) is 124 Å². The van der Waals surface area contributed by atoms with E-state index in [2.05, 4.69) is 30.5 Å². The van der Waals surface area contributed by atoms with Crippen molar-refractivity contribution in [1.82, 2.24) is 25.0 Å². The molecule has 1 aromatic carbocycles. The molecule has 178 valence electrons. The van der Waals surface area contributed by atoms with E-state index in [9.17, 15) is 18.0 Å². The van der Waals surface area contributed by atoms with Gasteiger partial charge in [-0.3, -0.25) is 9.78 Å². The molecule has 0 spiro atoms. The van der Waals surface area contributed by atoms with E-state index in [4.69, 9.17) is 17.3 Å². The SMILES string of the molecule is Cc1cnn(-c2ncc(NC(=O)C(=CN)C(=Nc3cccc4ncccc34)C(F)(F)F)cc2Cl)n1. The largest absolute Gasteiger partial charge is 0.434 e. The fraction of sp³-hybridized carbons (Fsp3) is 0.0909. The number of benzene rings is 1. The lowest BCUT2D eigenvalue weighted by Crippen LogP contribution is -2.32. The van der Waals surface area contributed by atoms with Gasteiger partial charge in [-0.2, -0.15) is 23.4 Å². The van der Waals surface area contributed by atoms with Gasteiger partial charge in [0.25, 0.3) is 5.91 Å². The molecule has 0 saturated heterocycles. The lowest BCUT2D eigenvalue weighted by Gasteiger charge is -2.15. The van der Waals surface area contributed by atoms with Gasteiger partial charge in [0.2, 0.25) is 0 Å². The molecule has 0 unspecified atom stereocenters. The molecule has 35 heavy (non-hydrogen) atoms. The number of anilines is 1. The van der Waals surface area contributed by atoms with Crippen LogP contribution in [0.2, 0.25) is 5.02 Å². The first-order chi connectivity index (χ1) is 16.7. The van der Waals surface area contributed by atoms with Gasteiger partial charge in [-0.25, -0.2) is 9.98 Å². The zero-order chi connectivity index (χ0) is 25.2. The second-order valence-corrected chi connectivity index (χ2v) is 7.55. The molecule has 3 heterocycles. The van der Waals surface area contributed by atoms with E-state index >= 15 is 0 Å². The van der Waals surface area contributed by atoms with Crippen LogP contribution in [0.4, 0.5) is 24.5 Å². The number of nitrogens with one attached hydrogen (secondary N) is 1. The highest BCUT2D eigenvalue weighted by Crippen LogP contribution is 2.30. The molecular formula is C22H16ClF3N8O. The average molecular weight is 501 g/mol. The van der Waals surface area contributed by atoms with Crippen molar-refractivity contribution in [2.24, 2.45) is 10.7 Å². The van der Waals surface area contributed by atoms with Gasteiger partial charge in [-0.15, -0.1) is 4.80 Å². The van der Waals surface area contributed by atoms with Crippen LogP contribution >= 0.6 is 11.6 Å². The zero-order valence-corrected chi connectivity index (χ0v) is 18.7. The first kappa shape index (κ1) is 23.8. The predicted molar refractivity (Wildman–Crippen MR) is 125 cm³/mol. The number of fused-ring (bicyclic) bond motifs is 1. The normalized spacial score (nSPS) is 12.7. The van der Waals surface area contributed by atoms with Crippen LogP contribution in [0.3, 0.4) is 0 Å². The molecule has 0 atom stereocenters. The lowest BCUT2D eigenvalue weighted by atomic mass is 10.1. The van der Waals surface area contributed by atoms with E-state index in [-0.39, 0.29) is 22.2 Å². The van der Waals surface area contributed by atoms with Crippen LogP contribution in [-0.2, 0) is 4.79 Å². The van der Waals surface area contributed by atoms with E-state index in [1.807, 2.05) is 0 Å². The summed E-state index contributed by atoms with van der Waals surface area (Å²) >= 11 is 6.20. The number of nitrogens with zero attached hydrogens (tertiary/aromatic N) is 6. The molecule has 13 heteroatoms. The van der Waals surface area contributed by atoms with Crippen molar-refractivity contribution in [3.63, 3.8) is 0 Å². The van der Waals surface area contributed by atoms with E-state index in [0.29, 0.717) is 22.8 Å². The molecule has 0 bridgehead atoms. The van der Waals surface area contributed by atoms with Gasteiger partial charge in [0, 0.05) is 17.8 Å². The fourth-order valence-electron chi connectivity index (χ4n) is 3.13. The number of hydrogen-bond acceptors (Lipinski definition) is 7. The Morgan fingerprint density at radius 3 is 2.66 bits per heavy atom. The summed E-state index contributed by atoms with van der Waals surface area (Å²) in [6.45, 7) is 1.72. The molecule has 3 N–H and O–H groups in total. The third kappa shape index (κ3) is 5.11. The third-order valence-electron chi connectivity index (χ3n) is 4.67. The maximum absolute atomic E-state index is 14.0. The lowest BCUT2D eigenvalue weighted by molar-refractivity contribution is -0.113. The minimum Gasteiger partial charge on any atom is -0.404 e. The van der Waals surface area contributed by atoms with Crippen LogP contribution in [0.5, 0.6) is 0 Å². The highest BCUT2D eigenvalue weighted by atomic mass is 35.5. The summed E-state index contributed by atoms with van der Waals surface area (Å²) in [6, 6.07) is 8.98. The van der Waals surface area contributed by atoms with Gasteiger partial charge >= 0.3 is 6.18 Å². The number of alkyl halides is 3. The Hall–Kier alpha value is -4.32. The Balaban J connectivity index is 1.67. The number of aromatic nitrogens is 5. The van der Waals surface area contributed by atoms with Gasteiger partial charge in [0.15, 0.2) is 11.5 Å². The molecule has 0 aliphatic heterocycles. The van der Waals surface area contributed by atoms with Gasteiger partial charge in [-0.05, 0) is 37.3 Å². The van der Waals surface area contributed by atoms with Crippen LogP contribution in [0.1, 0.15) is 5.69 Å². The number of hydrogen-bond donors (Lipinski definition) is 2. The second kappa shape index (κ2) is 9.50. The summed E-state index contributed by atoms with van der Waals surface area (Å²) in [6.07, 6.45) is -0.239. The van der Waals surface area contributed by atoms with Crippen molar-refractivity contribution in [3.8, 4) is 5.82 Å². The molecule has 0 fully saturated rings. The predicted octanol–water partition coefficient (Wildman–Crippen LogP) is 4.29. The van der Waals surface area contributed by atoms with Crippen molar-refractivity contribution in [1.29, 1.82) is 0 Å². The maximum atomic E-state index is 14.0. The van der Waals surface area contributed by atoms with E-state index in [1.165, 1.54) is 41.6 Å². The Kier molecular flexibility index (Phi) is 6.47. The molecule has 4 rings (SSSR count). The molecule has 0 aliphatic rings. The third-order valence-corrected chi connectivity index (χ3v) is 4.94. The minimum atomic E-state index is -4.99. The molecular weight excluding hydrogens is 485 g/mol. The van der Waals surface area contributed by atoms with Crippen molar-refractivity contribution in [2.75, 3.05) is 5.32 Å². The van der Waals surface area contributed by atoms with Crippen molar-refractivity contribution in [2.45, 2.75) is 13.1 Å². The quantitative estimate of drug-likeness (QED) is 0.311. The molecule has 0 radical (unpaired) electrons. The molecule has 3 aromatic heterocycles. The number of carbonyl (C=O) groups excluding carboxylic acids is 1. The molecule has 1 amide bonds. The molecule has 0 aliphatic carbocycles. The number of aliphatic imine (C=N–C) groups is 1. The Labute approximate surface area is 201 Å². The van der Waals surface area contributed by atoms with Crippen LogP contribution in [0.25, 0.3) is 16.7 Å². The summed E-state index contributed by atoms with van der Waals surface area (Å²) in [5.74, 6) is -0.977. The monoisotopic (exact) mass is 500 g/mol. The van der Waals surface area contributed by atoms with Crippen molar-refractivity contribution in [3.05, 3.63) is 77.5 Å². The summed E-state index contributed by atoms with van der Waals surface area (Å²) < 4.78 is 41.9. The highest BCUT2D eigenvalue weighted by molar-refractivity contribution is 6.32. The average Bonchev–Trinajstić information content (AvgIpc) is 3.24. The first-order valence-electron chi connectivity index (χ1n) is 9.95. The zero-order valence-electron chi connectivity index (χ0n) is 18.0. The van der Waals surface area contributed by atoms with Crippen LogP contribution in [-0.4, -0.2) is 42.8 Å². The van der Waals surface area contributed by atoms with Gasteiger partial charge < -0.3 is 11.1 Å². The van der Waals surface area contributed by atoms with Crippen LogP contribution < -0.4 is 11.1 Å². The van der Waals surface area contributed by atoms with Gasteiger partial charge in [0.05, 0.1) is 45.6 Å². The standard InChI is InChI=1S/C22H16ClF3N8O/c1-12-10-30-34(33-12)20-16(23)8-13(11-29-20)31-21(35)15(9-27)19(22(24,25)26)32-18-6-2-5-17-14(18)4-3-7-28-17/h2-11H,27H2,1H3,(H,31,35). The molecule has 4 aromatic rings. The Morgan fingerprint density at radius 1 is 1.20 bits per heavy atom. The smallest absolute Gasteiger partial charge is 0.404 e. The summed E-state index contributed by atoms with van der Waals surface area (Å²) in [5.41, 5.74) is 4.17. The fourth-order valence-corrected chi connectivity index (χ4v) is 3.37. The number of aryl methyl sites for hydroxylation is 1.